The Hall–Kier alpha value is -1.78. The van der Waals surface area contributed by atoms with Crippen molar-refractivity contribution < 1.29 is 14.3 Å². The lowest BCUT2D eigenvalue weighted by atomic mass is 10.2. The maximum Gasteiger partial charge on any atom is 0.251 e. The van der Waals surface area contributed by atoms with Gasteiger partial charge in [0.2, 0.25) is 0 Å². The first-order valence-corrected chi connectivity index (χ1v) is 11.1. The second-order valence-corrected chi connectivity index (χ2v) is 8.32. The van der Waals surface area contributed by atoms with Crippen molar-refractivity contribution in [1.29, 1.82) is 0 Å². The maximum atomic E-state index is 12.5. The zero-order valence-electron chi connectivity index (χ0n) is 16.7. The minimum Gasteiger partial charge on any atom is -0.379 e. The highest BCUT2D eigenvalue weighted by Crippen LogP contribution is 2.26. The summed E-state index contributed by atoms with van der Waals surface area (Å²) in [4.78, 5) is 21.8. The number of rotatable bonds is 8. The smallest absolute Gasteiger partial charge is 0.251 e. The Bertz CT molecular complexity index is 803. The molecule has 158 valence electrons. The van der Waals surface area contributed by atoms with E-state index in [0.717, 1.165) is 87.6 Å². The first-order valence-electron chi connectivity index (χ1n) is 10.3. The van der Waals surface area contributed by atoms with Crippen molar-refractivity contribution in [1.82, 2.24) is 20.1 Å². The summed E-state index contributed by atoms with van der Waals surface area (Å²) in [5.74, 6) is -0.0320. The van der Waals surface area contributed by atoms with E-state index in [1.54, 1.807) is 11.3 Å². The lowest BCUT2D eigenvalue weighted by Gasteiger charge is -2.26. The van der Waals surface area contributed by atoms with Crippen molar-refractivity contribution in [2.24, 2.45) is 0 Å². The van der Waals surface area contributed by atoms with Gasteiger partial charge in [0.05, 0.1) is 36.6 Å². The predicted molar refractivity (Wildman–Crippen MR) is 115 cm³/mol. The fraction of sp³-hybridized carbons (Fsp3) is 0.600. The summed E-state index contributed by atoms with van der Waals surface area (Å²) in [6.45, 7) is 10.4. The number of amides is 1. The second-order valence-electron chi connectivity index (χ2n) is 7.29. The highest BCUT2D eigenvalue weighted by atomic mass is 32.1. The van der Waals surface area contributed by atoms with E-state index in [4.69, 9.17) is 9.47 Å². The molecule has 9 heteroatoms. The Kier molecular flexibility index (Phi) is 7.28. The van der Waals surface area contributed by atoms with E-state index < -0.39 is 0 Å². The molecule has 0 aliphatic carbocycles. The largest absolute Gasteiger partial charge is 0.379 e. The predicted octanol–water partition coefficient (Wildman–Crippen LogP) is 1.10. The summed E-state index contributed by atoms with van der Waals surface area (Å²) in [6, 6.07) is 5.71. The van der Waals surface area contributed by atoms with Crippen LogP contribution in [0.5, 0.6) is 0 Å². The van der Waals surface area contributed by atoms with Crippen LogP contribution in [0.25, 0.3) is 10.2 Å². The van der Waals surface area contributed by atoms with Crippen LogP contribution in [0.2, 0.25) is 0 Å². The zero-order chi connectivity index (χ0) is 19.9. The standard InChI is InChI=1S/C20H29N5O3S/c26-19(21-3-5-24-7-11-27-12-8-24)16-1-2-17-18(15-16)29-20(23-17)22-4-6-25-9-13-28-14-10-25/h1-2,15H,3-14H2,(H,21,26)(H,22,23). The van der Waals surface area contributed by atoms with Crippen LogP contribution in [0, 0.1) is 0 Å². The number of carbonyl (C=O) groups excluding carboxylic acids is 1. The summed E-state index contributed by atoms with van der Waals surface area (Å²) in [5, 5.41) is 7.33. The van der Waals surface area contributed by atoms with Crippen molar-refractivity contribution >= 4 is 32.6 Å². The number of nitrogens with one attached hydrogen (secondary N) is 2. The van der Waals surface area contributed by atoms with Crippen LogP contribution >= 0.6 is 11.3 Å². The Balaban J connectivity index is 1.26. The molecule has 0 radical (unpaired) electrons. The van der Waals surface area contributed by atoms with E-state index in [-0.39, 0.29) is 5.91 Å². The van der Waals surface area contributed by atoms with Gasteiger partial charge in [-0.2, -0.15) is 0 Å². The number of ether oxygens (including phenoxy) is 2. The number of benzene rings is 1. The molecular weight excluding hydrogens is 390 g/mol. The van der Waals surface area contributed by atoms with Crippen molar-refractivity contribution in [3.63, 3.8) is 0 Å². The number of nitrogens with zero attached hydrogens (tertiary/aromatic N) is 3. The summed E-state index contributed by atoms with van der Waals surface area (Å²) in [6.07, 6.45) is 0. The van der Waals surface area contributed by atoms with E-state index in [1.165, 1.54) is 0 Å². The summed E-state index contributed by atoms with van der Waals surface area (Å²) in [7, 11) is 0. The minimum atomic E-state index is -0.0320. The maximum absolute atomic E-state index is 12.5. The van der Waals surface area contributed by atoms with E-state index >= 15 is 0 Å². The van der Waals surface area contributed by atoms with Crippen LogP contribution in [0.15, 0.2) is 18.2 Å². The van der Waals surface area contributed by atoms with Gasteiger partial charge in [0, 0.05) is 57.9 Å². The number of thiazole rings is 1. The molecule has 0 unspecified atom stereocenters. The molecule has 0 bridgehead atoms. The molecule has 4 rings (SSSR count). The molecule has 0 atom stereocenters. The number of hydrogen-bond donors (Lipinski definition) is 2. The van der Waals surface area contributed by atoms with Gasteiger partial charge in [0.1, 0.15) is 0 Å². The van der Waals surface area contributed by atoms with Crippen molar-refractivity contribution in [3.8, 4) is 0 Å². The van der Waals surface area contributed by atoms with Gasteiger partial charge in [0.25, 0.3) is 5.91 Å². The van der Waals surface area contributed by atoms with E-state index in [2.05, 4.69) is 25.4 Å². The molecule has 3 heterocycles. The fourth-order valence-electron chi connectivity index (χ4n) is 3.54. The summed E-state index contributed by atoms with van der Waals surface area (Å²) < 4.78 is 11.8. The highest BCUT2D eigenvalue weighted by molar-refractivity contribution is 7.22. The third kappa shape index (κ3) is 5.86. The van der Waals surface area contributed by atoms with E-state index in [0.29, 0.717) is 12.1 Å². The molecule has 0 spiro atoms. The van der Waals surface area contributed by atoms with Crippen molar-refractivity contribution in [2.45, 2.75) is 0 Å². The number of morpholine rings is 2. The monoisotopic (exact) mass is 419 g/mol. The van der Waals surface area contributed by atoms with Gasteiger partial charge >= 0.3 is 0 Å². The normalized spacial score (nSPS) is 18.8. The lowest BCUT2D eigenvalue weighted by molar-refractivity contribution is 0.0383. The zero-order valence-corrected chi connectivity index (χ0v) is 17.5. The minimum absolute atomic E-state index is 0.0320. The first kappa shape index (κ1) is 20.5. The Morgan fingerprint density at radius 2 is 1.66 bits per heavy atom. The molecule has 2 N–H and O–H groups in total. The van der Waals surface area contributed by atoms with Crippen LogP contribution in [0.3, 0.4) is 0 Å². The van der Waals surface area contributed by atoms with Gasteiger partial charge < -0.3 is 20.1 Å². The third-order valence-corrected chi connectivity index (χ3v) is 6.25. The van der Waals surface area contributed by atoms with Gasteiger partial charge in [-0.3, -0.25) is 14.6 Å². The molecule has 1 aromatic carbocycles. The van der Waals surface area contributed by atoms with Crippen molar-refractivity contribution in [3.05, 3.63) is 23.8 Å². The van der Waals surface area contributed by atoms with Gasteiger partial charge in [-0.05, 0) is 18.2 Å². The first-order chi connectivity index (χ1) is 14.3. The van der Waals surface area contributed by atoms with Gasteiger partial charge in [-0.25, -0.2) is 4.98 Å². The third-order valence-electron chi connectivity index (χ3n) is 5.28. The van der Waals surface area contributed by atoms with Crippen LogP contribution < -0.4 is 10.6 Å². The molecule has 2 aliphatic rings. The average molecular weight is 420 g/mol. The molecule has 8 nitrogen and oxygen atoms in total. The SMILES string of the molecule is O=C(NCCN1CCOCC1)c1ccc2nc(NCCN3CCOCC3)sc2c1. The second kappa shape index (κ2) is 10.3. The molecular formula is C20H29N5O3S. The molecule has 2 fully saturated rings. The number of aromatic nitrogens is 1. The fourth-order valence-corrected chi connectivity index (χ4v) is 4.47. The molecule has 1 amide bonds. The Morgan fingerprint density at radius 1 is 1.00 bits per heavy atom. The molecule has 2 aromatic rings. The van der Waals surface area contributed by atoms with E-state index in [9.17, 15) is 4.79 Å². The van der Waals surface area contributed by atoms with Gasteiger partial charge in [-0.15, -0.1) is 0 Å². The molecule has 2 saturated heterocycles. The van der Waals surface area contributed by atoms with Crippen LogP contribution in [-0.2, 0) is 9.47 Å². The number of fused-ring (bicyclic) bond motifs is 1. The molecule has 29 heavy (non-hydrogen) atoms. The van der Waals surface area contributed by atoms with Gasteiger partial charge in [0.15, 0.2) is 5.13 Å². The highest BCUT2D eigenvalue weighted by Gasteiger charge is 2.13. The Labute approximate surface area is 175 Å². The number of hydrogen-bond acceptors (Lipinski definition) is 8. The molecule has 1 aromatic heterocycles. The molecule has 2 aliphatic heterocycles. The number of carbonyl (C=O) groups is 1. The van der Waals surface area contributed by atoms with Crippen molar-refractivity contribution in [2.75, 3.05) is 84.1 Å². The van der Waals surface area contributed by atoms with Crippen LogP contribution in [-0.4, -0.2) is 99.5 Å². The summed E-state index contributed by atoms with van der Waals surface area (Å²) >= 11 is 1.59. The lowest BCUT2D eigenvalue weighted by Crippen LogP contribution is -2.41. The molecule has 0 saturated carbocycles. The van der Waals surface area contributed by atoms with E-state index in [1.807, 2.05) is 18.2 Å². The van der Waals surface area contributed by atoms with Crippen LogP contribution in [0.4, 0.5) is 5.13 Å². The topological polar surface area (TPSA) is 79.0 Å². The number of anilines is 1. The van der Waals surface area contributed by atoms with Crippen LogP contribution in [0.1, 0.15) is 10.4 Å². The Morgan fingerprint density at radius 3 is 2.34 bits per heavy atom. The van der Waals surface area contributed by atoms with Gasteiger partial charge in [-0.1, -0.05) is 11.3 Å². The summed E-state index contributed by atoms with van der Waals surface area (Å²) in [5.41, 5.74) is 1.61. The quantitative estimate of drug-likeness (QED) is 0.663. The average Bonchev–Trinajstić information content (AvgIpc) is 3.17.